The molecule has 0 aromatic heterocycles. The lowest BCUT2D eigenvalue weighted by Crippen LogP contribution is -2.39. The van der Waals surface area contributed by atoms with Crippen LogP contribution < -0.4 is 11.1 Å². The van der Waals surface area contributed by atoms with E-state index in [0.29, 0.717) is 24.3 Å². The molecule has 0 bridgehead atoms. The fraction of sp³-hybridized carbons (Fsp3) is 0.462. The highest BCUT2D eigenvalue weighted by atomic mass is 32.2. The first-order chi connectivity index (χ1) is 9.77. The number of halogens is 3. The van der Waals surface area contributed by atoms with Gasteiger partial charge in [-0.15, -0.1) is 0 Å². The summed E-state index contributed by atoms with van der Waals surface area (Å²) in [5.74, 6) is 0.430. The van der Waals surface area contributed by atoms with Gasteiger partial charge in [0.2, 0.25) is 0 Å². The Morgan fingerprint density at radius 3 is 2.48 bits per heavy atom. The van der Waals surface area contributed by atoms with Crippen LogP contribution in [0.5, 0.6) is 0 Å². The van der Waals surface area contributed by atoms with Crippen LogP contribution in [-0.2, 0) is 17.0 Å². The lowest BCUT2D eigenvalue weighted by atomic mass is 10.1. The highest BCUT2D eigenvalue weighted by Crippen LogP contribution is 2.34. The van der Waals surface area contributed by atoms with Crippen LogP contribution in [-0.4, -0.2) is 27.7 Å². The quantitative estimate of drug-likeness (QED) is 0.818. The van der Waals surface area contributed by atoms with Crippen molar-refractivity contribution in [3.8, 4) is 0 Å². The summed E-state index contributed by atoms with van der Waals surface area (Å²) in [4.78, 5) is 12.0. The highest BCUT2D eigenvalue weighted by Gasteiger charge is 2.33. The first kappa shape index (κ1) is 15.8. The lowest BCUT2D eigenvalue weighted by Gasteiger charge is -2.22. The van der Waals surface area contributed by atoms with Crippen molar-refractivity contribution < 1.29 is 22.2 Å². The zero-order chi connectivity index (χ0) is 15.6. The Morgan fingerprint density at radius 1 is 1.29 bits per heavy atom. The van der Waals surface area contributed by atoms with Crippen LogP contribution in [0.3, 0.4) is 0 Å². The van der Waals surface area contributed by atoms with Crippen LogP contribution in [0, 0.1) is 0 Å². The SMILES string of the molecule is Nc1ccc(C(=O)NC2CCS(=O)CC2)cc1C(F)(F)F. The molecular weight excluding hydrogens is 305 g/mol. The first-order valence-electron chi connectivity index (χ1n) is 6.40. The number of rotatable bonds is 2. The zero-order valence-corrected chi connectivity index (χ0v) is 11.9. The molecule has 0 aliphatic carbocycles. The van der Waals surface area contributed by atoms with Crippen molar-refractivity contribution in [1.82, 2.24) is 5.32 Å². The summed E-state index contributed by atoms with van der Waals surface area (Å²) in [7, 11) is -0.855. The van der Waals surface area contributed by atoms with Gasteiger partial charge in [-0.3, -0.25) is 9.00 Å². The number of nitrogens with two attached hydrogens (primary N) is 1. The van der Waals surface area contributed by atoms with E-state index < -0.39 is 34.1 Å². The van der Waals surface area contributed by atoms with E-state index in [1.165, 1.54) is 6.07 Å². The number of hydrogen-bond donors (Lipinski definition) is 2. The summed E-state index contributed by atoms with van der Waals surface area (Å²) in [6.07, 6.45) is -3.46. The number of amides is 1. The van der Waals surface area contributed by atoms with Crippen molar-refractivity contribution in [2.24, 2.45) is 0 Å². The second kappa shape index (κ2) is 6.05. The molecule has 1 aromatic carbocycles. The van der Waals surface area contributed by atoms with Crippen molar-refractivity contribution in [3.63, 3.8) is 0 Å². The van der Waals surface area contributed by atoms with Crippen LogP contribution in [0.4, 0.5) is 18.9 Å². The van der Waals surface area contributed by atoms with Crippen molar-refractivity contribution in [2.45, 2.75) is 25.1 Å². The zero-order valence-electron chi connectivity index (χ0n) is 11.1. The average Bonchev–Trinajstić information content (AvgIpc) is 2.40. The topological polar surface area (TPSA) is 72.2 Å². The molecule has 1 saturated heterocycles. The minimum absolute atomic E-state index is 0.0804. The Balaban J connectivity index is 2.11. The largest absolute Gasteiger partial charge is 0.418 e. The molecule has 4 nitrogen and oxygen atoms in total. The van der Waals surface area contributed by atoms with Gasteiger partial charge in [-0.25, -0.2) is 0 Å². The van der Waals surface area contributed by atoms with Crippen molar-refractivity contribution >= 4 is 22.4 Å². The van der Waals surface area contributed by atoms with Gasteiger partial charge in [0.15, 0.2) is 0 Å². The molecule has 1 aromatic rings. The number of carbonyl (C=O) groups excluding carboxylic acids is 1. The Labute approximate surface area is 122 Å². The van der Waals surface area contributed by atoms with Crippen LogP contribution >= 0.6 is 0 Å². The molecule has 21 heavy (non-hydrogen) atoms. The van der Waals surface area contributed by atoms with E-state index >= 15 is 0 Å². The summed E-state index contributed by atoms with van der Waals surface area (Å²) < 4.78 is 49.5. The van der Waals surface area contributed by atoms with E-state index in [2.05, 4.69) is 5.32 Å². The van der Waals surface area contributed by atoms with Gasteiger partial charge in [-0.2, -0.15) is 13.2 Å². The Kier molecular flexibility index (Phi) is 4.55. The lowest BCUT2D eigenvalue weighted by molar-refractivity contribution is -0.136. The molecule has 3 N–H and O–H groups in total. The third-order valence-electron chi connectivity index (χ3n) is 3.34. The minimum atomic E-state index is -4.60. The number of anilines is 1. The number of nitrogens with one attached hydrogen (secondary N) is 1. The predicted molar refractivity (Wildman–Crippen MR) is 74.2 cm³/mol. The molecule has 0 radical (unpaired) electrons. The molecular formula is C13H15F3N2O2S. The molecule has 8 heteroatoms. The molecule has 1 aliphatic heterocycles. The molecule has 0 saturated carbocycles. The van der Waals surface area contributed by atoms with Crippen molar-refractivity contribution in [3.05, 3.63) is 29.3 Å². The molecule has 0 atom stereocenters. The van der Waals surface area contributed by atoms with Crippen molar-refractivity contribution in [1.29, 1.82) is 0 Å². The monoisotopic (exact) mass is 320 g/mol. The van der Waals surface area contributed by atoms with Crippen LogP contribution in [0.15, 0.2) is 18.2 Å². The van der Waals surface area contributed by atoms with Crippen LogP contribution in [0.2, 0.25) is 0 Å². The maximum atomic E-state index is 12.7. The Hall–Kier alpha value is -1.57. The number of carbonyl (C=O) groups is 1. The van der Waals surface area contributed by atoms with E-state index in [4.69, 9.17) is 5.73 Å². The third kappa shape index (κ3) is 3.96. The van der Waals surface area contributed by atoms with Gasteiger partial charge >= 0.3 is 6.18 Å². The highest BCUT2D eigenvalue weighted by molar-refractivity contribution is 7.85. The molecule has 1 amide bonds. The van der Waals surface area contributed by atoms with Crippen LogP contribution in [0.25, 0.3) is 0 Å². The number of benzene rings is 1. The van der Waals surface area contributed by atoms with E-state index in [0.717, 1.165) is 12.1 Å². The van der Waals surface area contributed by atoms with Gasteiger partial charge < -0.3 is 11.1 Å². The van der Waals surface area contributed by atoms with Crippen molar-refractivity contribution in [2.75, 3.05) is 17.2 Å². The minimum Gasteiger partial charge on any atom is -0.398 e. The maximum absolute atomic E-state index is 12.7. The molecule has 0 spiro atoms. The Bertz CT molecular complexity index is 565. The summed E-state index contributed by atoms with van der Waals surface area (Å²) in [5.41, 5.74) is 3.79. The normalized spacial score (nSPS) is 22.8. The summed E-state index contributed by atoms with van der Waals surface area (Å²) in [6, 6.07) is 2.95. The summed E-state index contributed by atoms with van der Waals surface area (Å²) in [5, 5.41) is 2.67. The number of hydrogen-bond acceptors (Lipinski definition) is 3. The fourth-order valence-corrected chi connectivity index (χ4v) is 3.45. The van der Waals surface area contributed by atoms with Gasteiger partial charge in [0, 0.05) is 39.6 Å². The van der Waals surface area contributed by atoms with Gasteiger partial charge in [-0.05, 0) is 31.0 Å². The van der Waals surface area contributed by atoms with Gasteiger partial charge in [0.25, 0.3) is 5.91 Å². The first-order valence-corrected chi connectivity index (χ1v) is 7.89. The molecule has 2 rings (SSSR count). The van der Waals surface area contributed by atoms with Gasteiger partial charge in [0.1, 0.15) is 0 Å². The third-order valence-corrected chi connectivity index (χ3v) is 4.73. The molecule has 1 fully saturated rings. The predicted octanol–water partition coefficient (Wildman–Crippen LogP) is 1.93. The molecule has 116 valence electrons. The van der Waals surface area contributed by atoms with Crippen LogP contribution in [0.1, 0.15) is 28.8 Å². The standard InChI is InChI=1S/C13H15F3N2O2S/c14-13(15,16)10-7-8(1-2-11(10)17)12(19)18-9-3-5-21(20)6-4-9/h1-2,7,9H,3-6,17H2,(H,18,19). The number of nitrogen functional groups attached to an aromatic ring is 1. The second-order valence-corrected chi connectivity index (χ2v) is 6.59. The average molecular weight is 320 g/mol. The summed E-state index contributed by atoms with van der Waals surface area (Å²) in [6.45, 7) is 0. The fourth-order valence-electron chi connectivity index (χ4n) is 2.15. The second-order valence-electron chi connectivity index (χ2n) is 4.90. The summed E-state index contributed by atoms with van der Waals surface area (Å²) >= 11 is 0. The molecule has 1 heterocycles. The Morgan fingerprint density at radius 2 is 1.90 bits per heavy atom. The smallest absolute Gasteiger partial charge is 0.398 e. The van der Waals surface area contributed by atoms with E-state index in [1.54, 1.807) is 0 Å². The number of alkyl halides is 3. The van der Waals surface area contributed by atoms with Gasteiger partial charge in [0.05, 0.1) is 5.56 Å². The maximum Gasteiger partial charge on any atom is 0.418 e. The van der Waals surface area contributed by atoms with E-state index in [-0.39, 0.29) is 11.6 Å². The van der Waals surface area contributed by atoms with E-state index in [1.807, 2.05) is 0 Å². The molecule has 1 aliphatic rings. The van der Waals surface area contributed by atoms with E-state index in [9.17, 15) is 22.2 Å². The van der Waals surface area contributed by atoms with Gasteiger partial charge in [-0.1, -0.05) is 0 Å². The molecule has 0 unspecified atom stereocenters.